The standard InChI is InChI=1S/C47H51F3N10O5.C2HF3O2/c1-28-2-5-32(23-39(28)59-17-14-41(61)52-47(59)65)46(64)58-15-12-30(13-16-58)26-56-18-20-57(21-19-56)40-11-10-37(53-54-40)31-6-7-33-27-60(55-38(33)22-31)34-8-3-29(4-9-34)25-51-45(63)35-24-36(48)44(62)43(50)42(35)49;3-2(4,5)1(6)7/h2,5-7,10-11,22-24,27,29-30,34,62H,3-4,8-9,12-21,25-26H2,1H3,(H,51,63)(H,52,61,65);(H,6,7). The van der Waals surface area contributed by atoms with Gasteiger partial charge in [-0.15, -0.1) is 10.2 Å². The van der Waals surface area contributed by atoms with Crippen molar-refractivity contribution in [1.82, 2.24) is 40.4 Å². The zero-order chi connectivity index (χ0) is 51.4. The number of halogens is 6. The van der Waals surface area contributed by atoms with Gasteiger partial charge in [0.05, 0.1) is 22.8 Å². The number of hydrogen-bond donors (Lipinski definition) is 4. The van der Waals surface area contributed by atoms with Crippen molar-refractivity contribution >= 4 is 52.1 Å². The van der Waals surface area contributed by atoms with E-state index in [0.29, 0.717) is 36.3 Å². The number of fused-ring (bicyclic) bond motifs is 1. The Morgan fingerprint density at radius 3 is 2.18 bits per heavy atom. The number of nitrogens with one attached hydrogen (secondary N) is 2. The van der Waals surface area contributed by atoms with Crippen molar-refractivity contribution in [3.05, 3.63) is 94.9 Å². The number of imide groups is 1. The van der Waals surface area contributed by atoms with Crippen molar-refractivity contribution in [2.24, 2.45) is 11.8 Å². The maximum Gasteiger partial charge on any atom is 0.490 e. The number of urea groups is 1. The largest absolute Gasteiger partial charge is 0.503 e. The number of anilines is 2. The molecule has 5 heterocycles. The summed E-state index contributed by atoms with van der Waals surface area (Å²) in [5, 5.41) is 36.4. The number of aromatic hydroxyl groups is 1. The van der Waals surface area contributed by atoms with Gasteiger partial charge in [0.2, 0.25) is 11.7 Å². The van der Waals surface area contributed by atoms with Crippen LogP contribution in [0.1, 0.15) is 77.3 Å². The Hall–Kier alpha value is -7.30. The summed E-state index contributed by atoms with van der Waals surface area (Å²) in [4.78, 5) is 67.3. The number of aromatic nitrogens is 4. The molecule has 1 aliphatic carbocycles. The summed E-state index contributed by atoms with van der Waals surface area (Å²) in [7, 11) is 0. The first-order valence-electron chi connectivity index (χ1n) is 23.6. The minimum absolute atomic E-state index is 0.0393. The second-order valence-corrected chi connectivity index (χ2v) is 18.5. The van der Waals surface area contributed by atoms with Crippen LogP contribution in [0.4, 0.5) is 42.6 Å². The molecule has 0 bridgehead atoms. The molecule has 2 aromatic heterocycles. The number of amides is 5. The summed E-state index contributed by atoms with van der Waals surface area (Å²) in [5.41, 5.74) is 3.79. The Balaban J connectivity index is 0.000000923. The van der Waals surface area contributed by atoms with Crippen LogP contribution in [0.25, 0.3) is 22.2 Å². The monoisotopic (exact) mass is 1010 g/mol. The SMILES string of the molecule is Cc1ccc(C(=O)N2CCC(CN3CCN(c4ccc(-c5ccc6cn(C7CCC(CNC(=O)c8cc(F)c(O)c(F)c8F)CC7)nc6c5)nn4)CC3)CC2)cc1N1CCC(=O)NC1=O.O=C(O)C(F)(F)F. The Morgan fingerprint density at radius 1 is 0.819 bits per heavy atom. The van der Waals surface area contributed by atoms with Gasteiger partial charge in [-0.1, -0.05) is 18.2 Å². The molecule has 72 heavy (non-hydrogen) atoms. The number of nitrogens with zero attached hydrogens (tertiary/aromatic N) is 8. The van der Waals surface area contributed by atoms with Gasteiger partial charge in [-0.25, -0.2) is 18.4 Å². The van der Waals surface area contributed by atoms with Crippen LogP contribution in [0.15, 0.2) is 60.8 Å². The van der Waals surface area contributed by atoms with E-state index in [2.05, 4.69) is 30.6 Å². The van der Waals surface area contributed by atoms with Crippen molar-refractivity contribution in [3.63, 3.8) is 0 Å². The molecule has 1 saturated carbocycles. The van der Waals surface area contributed by atoms with Crippen molar-refractivity contribution in [2.75, 3.05) is 68.7 Å². The van der Waals surface area contributed by atoms with Crippen molar-refractivity contribution in [1.29, 1.82) is 0 Å². The molecule has 17 nitrogen and oxygen atoms in total. The second-order valence-electron chi connectivity index (χ2n) is 18.5. The van der Waals surface area contributed by atoms with Gasteiger partial charge in [0.25, 0.3) is 11.8 Å². The van der Waals surface area contributed by atoms with E-state index in [1.54, 1.807) is 6.07 Å². The average molecular weight is 1010 g/mol. The summed E-state index contributed by atoms with van der Waals surface area (Å²) in [5.74, 6) is -8.80. The molecule has 4 N–H and O–H groups in total. The highest BCUT2D eigenvalue weighted by Crippen LogP contribution is 2.34. The van der Waals surface area contributed by atoms with Gasteiger partial charge in [-0.2, -0.15) is 22.7 Å². The van der Waals surface area contributed by atoms with Gasteiger partial charge in [0.15, 0.2) is 23.2 Å². The molecule has 0 atom stereocenters. The van der Waals surface area contributed by atoms with Crippen LogP contribution in [-0.4, -0.2) is 135 Å². The molecule has 0 spiro atoms. The highest BCUT2D eigenvalue weighted by molar-refractivity contribution is 6.06. The van der Waals surface area contributed by atoms with E-state index >= 15 is 0 Å². The molecule has 3 aromatic carbocycles. The number of likely N-dealkylation sites (tertiary alicyclic amines) is 1. The molecule has 4 fully saturated rings. The highest BCUT2D eigenvalue weighted by Gasteiger charge is 2.38. The summed E-state index contributed by atoms with van der Waals surface area (Å²) in [6.07, 6.45) is 2.21. The highest BCUT2D eigenvalue weighted by atomic mass is 19.4. The van der Waals surface area contributed by atoms with Crippen LogP contribution in [0.5, 0.6) is 5.75 Å². The summed E-state index contributed by atoms with van der Waals surface area (Å²) in [6.45, 7) is 8.26. The smallest absolute Gasteiger partial charge is 0.490 e. The number of carboxylic acid groups (broad SMARTS) is 1. The number of alkyl halides is 3. The Labute approximate surface area is 408 Å². The third-order valence-electron chi connectivity index (χ3n) is 13.7. The molecule has 5 amide bonds. The third kappa shape index (κ3) is 11.7. The lowest BCUT2D eigenvalue weighted by Gasteiger charge is -2.39. The topological polar surface area (TPSA) is 206 Å². The predicted octanol–water partition coefficient (Wildman–Crippen LogP) is 6.84. The zero-order valence-electron chi connectivity index (χ0n) is 39.1. The fourth-order valence-corrected chi connectivity index (χ4v) is 9.58. The van der Waals surface area contributed by atoms with Crippen molar-refractivity contribution in [2.45, 2.75) is 64.1 Å². The van der Waals surface area contributed by atoms with E-state index in [4.69, 9.17) is 15.0 Å². The van der Waals surface area contributed by atoms with Crippen LogP contribution in [0, 0.1) is 36.2 Å². The van der Waals surface area contributed by atoms with Gasteiger partial charge in [0.1, 0.15) is 0 Å². The molecule has 5 aromatic rings. The van der Waals surface area contributed by atoms with Crippen molar-refractivity contribution < 1.29 is 60.5 Å². The number of carbonyl (C=O) groups is 5. The van der Waals surface area contributed by atoms with Gasteiger partial charge in [-0.05, 0) is 99.2 Å². The zero-order valence-corrected chi connectivity index (χ0v) is 39.1. The van der Waals surface area contributed by atoms with E-state index in [1.165, 1.54) is 4.90 Å². The molecule has 4 aliphatic rings. The minimum atomic E-state index is -5.08. The maximum absolute atomic E-state index is 14.2. The van der Waals surface area contributed by atoms with E-state index < -0.39 is 52.8 Å². The Kier molecular flexibility index (Phi) is 15.3. The van der Waals surface area contributed by atoms with Gasteiger partial charge >= 0.3 is 18.2 Å². The summed E-state index contributed by atoms with van der Waals surface area (Å²) < 4.78 is 75.4. The predicted molar refractivity (Wildman–Crippen MR) is 250 cm³/mol. The number of piperazine rings is 1. The number of benzene rings is 3. The fraction of sp³-hybridized carbons (Fsp3) is 0.429. The number of aliphatic carboxylic acids is 1. The first kappa shape index (κ1) is 51.1. The number of aryl methyl sites for hydroxylation is 1. The van der Waals surface area contributed by atoms with E-state index in [9.17, 15) is 50.6 Å². The third-order valence-corrected chi connectivity index (χ3v) is 13.7. The lowest BCUT2D eigenvalue weighted by molar-refractivity contribution is -0.192. The van der Waals surface area contributed by atoms with Crippen LogP contribution < -0.4 is 20.4 Å². The number of piperidine rings is 1. The number of hydrogen-bond acceptors (Lipinski definition) is 11. The van der Waals surface area contributed by atoms with Gasteiger partial charge in [-0.3, -0.25) is 34.2 Å². The van der Waals surface area contributed by atoms with Crippen molar-refractivity contribution in [3.8, 4) is 17.0 Å². The van der Waals surface area contributed by atoms with Crippen LogP contribution >= 0.6 is 0 Å². The average Bonchev–Trinajstić information content (AvgIpc) is 3.81. The number of carbonyl (C=O) groups excluding carboxylic acids is 4. The molecule has 0 radical (unpaired) electrons. The number of carboxylic acids is 1. The molecule has 3 aliphatic heterocycles. The number of phenolic OH excluding ortho intramolecular Hbond substituents is 1. The normalized spacial score (nSPS) is 19.2. The van der Waals surface area contributed by atoms with Crippen LogP contribution in [0.3, 0.4) is 0 Å². The van der Waals surface area contributed by atoms with E-state index in [0.717, 1.165) is 105 Å². The minimum Gasteiger partial charge on any atom is -0.503 e. The molecular formula is C49H52F6N10O7. The summed E-state index contributed by atoms with van der Waals surface area (Å²) in [6, 6.07) is 15.7. The first-order chi connectivity index (χ1) is 34.3. The molecule has 23 heteroatoms. The molecule has 0 unspecified atom stereocenters. The first-order valence-corrected chi connectivity index (χ1v) is 23.6. The van der Waals surface area contributed by atoms with Gasteiger partial charge in [0, 0.05) is 93.7 Å². The van der Waals surface area contributed by atoms with Crippen LogP contribution in [0.2, 0.25) is 0 Å². The lowest BCUT2D eigenvalue weighted by Crippen LogP contribution is -2.50. The maximum atomic E-state index is 14.2. The Bertz CT molecular complexity index is 2840. The second kappa shape index (κ2) is 21.6. The lowest BCUT2D eigenvalue weighted by atomic mass is 9.86. The quantitative estimate of drug-likeness (QED) is 0.0839. The Morgan fingerprint density at radius 2 is 1.53 bits per heavy atom. The molecule has 382 valence electrons. The van der Waals surface area contributed by atoms with E-state index in [-0.39, 0.29) is 43.3 Å². The van der Waals surface area contributed by atoms with E-state index in [1.807, 2.05) is 65.2 Å². The van der Waals surface area contributed by atoms with Gasteiger partial charge < -0.3 is 25.3 Å². The summed E-state index contributed by atoms with van der Waals surface area (Å²) >= 11 is 0. The number of phenols is 1. The number of rotatable bonds is 10. The fourth-order valence-electron chi connectivity index (χ4n) is 9.58. The molecule has 3 saturated heterocycles. The van der Waals surface area contributed by atoms with Crippen LogP contribution in [-0.2, 0) is 9.59 Å². The molecular weight excluding hydrogens is 955 g/mol. The molecule has 9 rings (SSSR count).